The van der Waals surface area contributed by atoms with E-state index in [-0.39, 0.29) is 0 Å². The highest BCUT2D eigenvalue weighted by Crippen LogP contribution is 2.61. The van der Waals surface area contributed by atoms with Crippen molar-refractivity contribution < 1.29 is 0 Å². The quantitative estimate of drug-likeness (QED) is 0.166. The molecule has 9 aromatic rings. The maximum Gasteiger partial charge on any atom is 0.0875 e. The van der Waals surface area contributed by atoms with E-state index in [9.17, 15) is 0 Å². The molecule has 56 heavy (non-hydrogen) atoms. The van der Waals surface area contributed by atoms with Gasteiger partial charge in [-0.15, -0.1) is 0 Å². The topological polar surface area (TPSA) is 3.24 Å². The summed E-state index contributed by atoms with van der Waals surface area (Å²) in [6, 6.07) is 80.1. The van der Waals surface area contributed by atoms with Crippen LogP contribution in [0, 0.1) is 0 Å². The maximum absolute atomic E-state index is 2.51. The molecule has 0 heterocycles. The Balaban J connectivity index is 1.07. The van der Waals surface area contributed by atoms with Crippen molar-refractivity contribution in [2.45, 2.75) is 5.41 Å². The van der Waals surface area contributed by atoms with Gasteiger partial charge in [-0.1, -0.05) is 188 Å². The van der Waals surface area contributed by atoms with Gasteiger partial charge in [0.05, 0.1) is 5.41 Å². The molecule has 0 fully saturated rings. The fraction of sp³-hybridized carbons (Fsp3) is 0.0182. The van der Waals surface area contributed by atoms with Crippen molar-refractivity contribution in [2.24, 2.45) is 0 Å². The van der Waals surface area contributed by atoms with Crippen LogP contribution < -0.4 is 4.90 Å². The average Bonchev–Trinajstić information content (AvgIpc) is 3.77. The molecule has 9 aromatic carbocycles. The van der Waals surface area contributed by atoms with Gasteiger partial charge >= 0.3 is 0 Å². The molecule has 0 bridgehead atoms. The molecule has 0 aliphatic heterocycles. The number of anilines is 2. The standard InChI is InChI=1S/C55H37N/c1-2-12-38(13-3-1)40-22-24-41(25-23-40)42-28-32-47(33-29-42)56(48-34-30-43(31-35-48)45-27-26-39-14-4-5-15-44(39)36-45)54-37-46-16-6-9-19-51(46)55(54)52-20-10-7-17-49(52)50-18-8-11-21-53(50)55/h1-37H. The summed E-state index contributed by atoms with van der Waals surface area (Å²) in [6.45, 7) is 0. The van der Waals surface area contributed by atoms with Gasteiger partial charge in [0.15, 0.2) is 0 Å². The van der Waals surface area contributed by atoms with Gasteiger partial charge < -0.3 is 4.90 Å². The first kappa shape index (κ1) is 32.2. The predicted octanol–water partition coefficient (Wildman–Crippen LogP) is 14.3. The molecule has 1 nitrogen and oxygen atoms in total. The van der Waals surface area contributed by atoms with Gasteiger partial charge in [0.1, 0.15) is 0 Å². The van der Waals surface area contributed by atoms with E-state index in [1.807, 2.05) is 0 Å². The fourth-order valence-corrected chi connectivity index (χ4v) is 9.28. The van der Waals surface area contributed by atoms with Gasteiger partial charge in [-0.3, -0.25) is 0 Å². The largest absolute Gasteiger partial charge is 0.313 e. The lowest BCUT2D eigenvalue weighted by atomic mass is 9.71. The van der Waals surface area contributed by atoms with E-state index in [0.29, 0.717) is 0 Å². The van der Waals surface area contributed by atoms with Crippen molar-refractivity contribution in [3.63, 3.8) is 0 Å². The summed E-state index contributed by atoms with van der Waals surface area (Å²) in [7, 11) is 0. The molecule has 0 radical (unpaired) electrons. The van der Waals surface area contributed by atoms with Crippen LogP contribution in [-0.4, -0.2) is 0 Å². The van der Waals surface area contributed by atoms with Crippen LogP contribution in [0.5, 0.6) is 0 Å². The Bertz CT molecular complexity index is 2890. The first-order valence-corrected chi connectivity index (χ1v) is 19.4. The van der Waals surface area contributed by atoms with Gasteiger partial charge in [-0.25, -0.2) is 0 Å². The smallest absolute Gasteiger partial charge is 0.0875 e. The van der Waals surface area contributed by atoms with E-state index in [0.717, 1.165) is 11.4 Å². The number of hydrogen-bond donors (Lipinski definition) is 0. The van der Waals surface area contributed by atoms with Crippen LogP contribution in [0.25, 0.3) is 61.4 Å². The number of hydrogen-bond acceptors (Lipinski definition) is 1. The Morgan fingerprint density at radius 1 is 0.304 bits per heavy atom. The molecule has 0 saturated carbocycles. The molecule has 1 heteroatoms. The number of fused-ring (bicyclic) bond motifs is 8. The summed E-state index contributed by atoms with van der Waals surface area (Å²) in [5.41, 5.74) is 18.0. The summed E-state index contributed by atoms with van der Waals surface area (Å²) < 4.78 is 0. The minimum Gasteiger partial charge on any atom is -0.313 e. The molecule has 0 unspecified atom stereocenters. The number of nitrogens with zero attached hydrogens (tertiary/aromatic N) is 1. The van der Waals surface area contributed by atoms with Crippen LogP contribution in [0.2, 0.25) is 0 Å². The Labute approximate surface area is 328 Å². The molecule has 0 atom stereocenters. The normalized spacial score (nSPS) is 13.2. The van der Waals surface area contributed by atoms with Crippen LogP contribution >= 0.6 is 0 Å². The second-order valence-electron chi connectivity index (χ2n) is 14.9. The van der Waals surface area contributed by atoms with Gasteiger partial charge in [-0.05, 0) is 114 Å². The summed E-state index contributed by atoms with van der Waals surface area (Å²) in [4.78, 5) is 2.51. The summed E-state index contributed by atoms with van der Waals surface area (Å²) >= 11 is 0. The number of benzene rings is 9. The molecular formula is C55H37N. The van der Waals surface area contributed by atoms with Crippen LogP contribution in [-0.2, 0) is 5.41 Å². The third-order valence-corrected chi connectivity index (χ3v) is 11.9. The lowest BCUT2D eigenvalue weighted by Gasteiger charge is -2.39. The SMILES string of the molecule is C1=C(N(c2ccc(-c3ccc(-c4ccccc4)cc3)cc2)c2ccc(-c3ccc4ccccc4c3)cc2)C2(c3ccccc31)c1ccccc1-c1ccccc12. The molecule has 11 rings (SSSR count). The molecule has 0 saturated heterocycles. The van der Waals surface area contributed by atoms with Crippen molar-refractivity contribution in [3.8, 4) is 44.5 Å². The van der Waals surface area contributed by atoms with Gasteiger partial charge in [-0.2, -0.15) is 0 Å². The van der Waals surface area contributed by atoms with Crippen LogP contribution in [0.1, 0.15) is 22.3 Å². The minimum absolute atomic E-state index is 0.493. The molecule has 262 valence electrons. The molecule has 0 N–H and O–H groups in total. The third kappa shape index (κ3) is 5.02. The minimum atomic E-state index is -0.493. The van der Waals surface area contributed by atoms with E-state index in [1.54, 1.807) is 0 Å². The number of rotatable bonds is 6. The van der Waals surface area contributed by atoms with E-state index >= 15 is 0 Å². The zero-order valence-corrected chi connectivity index (χ0v) is 30.8. The lowest BCUT2D eigenvalue weighted by Crippen LogP contribution is -2.35. The lowest BCUT2D eigenvalue weighted by molar-refractivity contribution is 0.746. The van der Waals surface area contributed by atoms with E-state index < -0.39 is 5.41 Å². The zero-order chi connectivity index (χ0) is 37.1. The van der Waals surface area contributed by atoms with Crippen LogP contribution in [0.4, 0.5) is 11.4 Å². The van der Waals surface area contributed by atoms with Gasteiger partial charge in [0.2, 0.25) is 0 Å². The van der Waals surface area contributed by atoms with E-state index in [2.05, 4.69) is 229 Å². The second-order valence-corrected chi connectivity index (χ2v) is 14.9. The van der Waals surface area contributed by atoms with Crippen molar-refractivity contribution in [2.75, 3.05) is 4.90 Å². The molecule has 2 aliphatic rings. The van der Waals surface area contributed by atoms with Crippen molar-refractivity contribution in [1.29, 1.82) is 0 Å². The Morgan fingerprint density at radius 3 is 1.34 bits per heavy atom. The highest BCUT2D eigenvalue weighted by molar-refractivity contribution is 5.95. The third-order valence-electron chi connectivity index (χ3n) is 11.9. The Hall–Kier alpha value is -7.22. The molecular weight excluding hydrogens is 675 g/mol. The molecule has 1 spiro atoms. The zero-order valence-electron chi connectivity index (χ0n) is 30.8. The van der Waals surface area contributed by atoms with Gasteiger partial charge in [0.25, 0.3) is 0 Å². The maximum atomic E-state index is 2.51. The first-order valence-electron chi connectivity index (χ1n) is 19.4. The van der Waals surface area contributed by atoms with E-state index in [1.165, 1.54) is 83.2 Å². The Kier molecular flexibility index (Phi) is 7.47. The van der Waals surface area contributed by atoms with E-state index in [4.69, 9.17) is 0 Å². The monoisotopic (exact) mass is 711 g/mol. The molecule has 0 aromatic heterocycles. The molecule has 2 aliphatic carbocycles. The highest BCUT2D eigenvalue weighted by atomic mass is 15.2. The van der Waals surface area contributed by atoms with Crippen molar-refractivity contribution >= 4 is 28.2 Å². The van der Waals surface area contributed by atoms with Gasteiger partial charge in [0, 0.05) is 17.1 Å². The Morgan fingerprint density at radius 2 is 0.732 bits per heavy atom. The van der Waals surface area contributed by atoms with Crippen molar-refractivity contribution in [1.82, 2.24) is 0 Å². The summed E-state index contributed by atoms with van der Waals surface area (Å²) in [5, 5.41) is 2.50. The second kappa shape index (κ2) is 13.0. The number of allylic oxidation sites excluding steroid dienone is 1. The summed E-state index contributed by atoms with van der Waals surface area (Å²) in [6.07, 6.45) is 2.43. The first-order chi connectivity index (χ1) is 27.8. The molecule has 0 amide bonds. The fourth-order valence-electron chi connectivity index (χ4n) is 9.28. The van der Waals surface area contributed by atoms with Crippen LogP contribution in [0.3, 0.4) is 0 Å². The van der Waals surface area contributed by atoms with Crippen molar-refractivity contribution in [3.05, 3.63) is 246 Å². The summed E-state index contributed by atoms with van der Waals surface area (Å²) in [5.74, 6) is 0. The highest BCUT2D eigenvalue weighted by Gasteiger charge is 2.52. The van der Waals surface area contributed by atoms with Crippen LogP contribution in [0.15, 0.2) is 224 Å². The average molecular weight is 712 g/mol. The predicted molar refractivity (Wildman–Crippen MR) is 235 cm³/mol.